The Kier molecular flexibility index (Phi) is 4.58. The van der Waals surface area contributed by atoms with Crippen LogP contribution in [-0.4, -0.2) is 10.9 Å². The van der Waals surface area contributed by atoms with Gasteiger partial charge in [0.15, 0.2) is 5.76 Å². The van der Waals surface area contributed by atoms with Crippen molar-refractivity contribution in [1.82, 2.24) is 4.98 Å². The van der Waals surface area contributed by atoms with Crippen LogP contribution >= 0.6 is 0 Å². The zero-order valence-corrected chi connectivity index (χ0v) is 15.2. The number of aryl methyl sites for hydroxylation is 1. The quantitative estimate of drug-likeness (QED) is 0.457. The van der Waals surface area contributed by atoms with Gasteiger partial charge in [-0.3, -0.25) is 4.79 Å². The van der Waals surface area contributed by atoms with Gasteiger partial charge in [0.2, 0.25) is 0 Å². The first-order chi connectivity index (χ1) is 13.8. The van der Waals surface area contributed by atoms with E-state index < -0.39 is 17.6 Å². The van der Waals surface area contributed by atoms with Gasteiger partial charge >= 0.3 is 6.18 Å². The number of fused-ring (bicyclic) bond motifs is 1. The van der Waals surface area contributed by atoms with Crippen LogP contribution in [-0.2, 0) is 6.18 Å². The van der Waals surface area contributed by atoms with Crippen LogP contribution in [0.3, 0.4) is 0 Å². The predicted octanol–water partition coefficient (Wildman–Crippen LogP) is 6.07. The summed E-state index contributed by atoms with van der Waals surface area (Å²) in [6.45, 7) is 1.78. The summed E-state index contributed by atoms with van der Waals surface area (Å²) in [5.74, 6) is 0.489. The third-order valence-corrected chi connectivity index (χ3v) is 4.43. The highest BCUT2D eigenvalue weighted by atomic mass is 19.4. The molecule has 4 rings (SSSR count). The molecule has 2 aromatic heterocycles. The average Bonchev–Trinajstić information content (AvgIpc) is 3.13. The molecule has 0 radical (unpaired) electrons. The fourth-order valence-corrected chi connectivity index (χ4v) is 3.09. The number of furan rings is 1. The molecule has 0 aliphatic rings. The molecule has 0 saturated heterocycles. The van der Waals surface area contributed by atoms with Crippen molar-refractivity contribution in [2.24, 2.45) is 0 Å². The number of pyridine rings is 1. The number of hydrogen-bond acceptors (Lipinski definition) is 3. The van der Waals surface area contributed by atoms with Crippen molar-refractivity contribution in [1.29, 1.82) is 0 Å². The molecule has 2 aromatic carbocycles. The Morgan fingerprint density at radius 2 is 1.72 bits per heavy atom. The van der Waals surface area contributed by atoms with E-state index in [0.29, 0.717) is 28.1 Å². The maximum atomic E-state index is 13.3. The molecule has 7 heteroatoms. The van der Waals surface area contributed by atoms with E-state index in [1.165, 1.54) is 24.3 Å². The normalized spacial score (nSPS) is 11.6. The van der Waals surface area contributed by atoms with E-state index in [2.05, 4.69) is 10.3 Å². The van der Waals surface area contributed by atoms with Crippen LogP contribution in [0.4, 0.5) is 18.9 Å². The Morgan fingerprint density at radius 1 is 1.00 bits per heavy atom. The van der Waals surface area contributed by atoms with E-state index >= 15 is 0 Å². The highest BCUT2D eigenvalue weighted by Crippen LogP contribution is 2.35. The number of nitrogens with one attached hydrogen (secondary N) is 1. The SMILES string of the molecule is Cc1ccc(-c2cc(C(=O)Nc3ccccc3C(F)(F)F)c3ccccc3n2)o1. The second kappa shape index (κ2) is 7.09. The lowest BCUT2D eigenvalue weighted by atomic mass is 10.1. The van der Waals surface area contributed by atoms with Crippen LogP contribution in [0.5, 0.6) is 0 Å². The topological polar surface area (TPSA) is 55.1 Å². The van der Waals surface area contributed by atoms with Gasteiger partial charge in [0.05, 0.1) is 22.3 Å². The summed E-state index contributed by atoms with van der Waals surface area (Å²) in [4.78, 5) is 17.5. The number of amides is 1. The molecule has 0 saturated carbocycles. The predicted molar refractivity (Wildman–Crippen MR) is 104 cm³/mol. The molecule has 0 atom stereocenters. The van der Waals surface area contributed by atoms with Gasteiger partial charge in [-0.05, 0) is 43.3 Å². The maximum absolute atomic E-state index is 13.3. The monoisotopic (exact) mass is 396 g/mol. The highest BCUT2D eigenvalue weighted by molar-refractivity contribution is 6.13. The van der Waals surface area contributed by atoms with Gasteiger partial charge in [0.1, 0.15) is 11.5 Å². The molecule has 2 heterocycles. The van der Waals surface area contributed by atoms with Crippen molar-refractivity contribution in [3.63, 3.8) is 0 Å². The van der Waals surface area contributed by atoms with Crippen molar-refractivity contribution in [3.05, 3.63) is 83.6 Å². The third-order valence-electron chi connectivity index (χ3n) is 4.43. The molecule has 0 spiro atoms. The Balaban J connectivity index is 1.80. The average molecular weight is 396 g/mol. The Morgan fingerprint density at radius 3 is 2.45 bits per heavy atom. The van der Waals surface area contributed by atoms with Gasteiger partial charge in [-0.25, -0.2) is 4.98 Å². The molecule has 0 aliphatic heterocycles. The second-order valence-electron chi connectivity index (χ2n) is 6.48. The lowest BCUT2D eigenvalue weighted by Crippen LogP contribution is -2.17. The number of para-hydroxylation sites is 2. The fraction of sp³-hybridized carbons (Fsp3) is 0.0909. The van der Waals surface area contributed by atoms with Crippen molar-refractivity contribution in [2.45, 2.75) is 13.1 Å². The van der Waals surface area contributed by atoms with E-state index in [1.807, 2.05) is 0 Å². The standard InChI is InChI=1S/C22H15F3N2O2/c1-13-10-11-20(29-13)19-12-15(14-6-2-4-8-17(14)26-19)21(28)27-18-9-5-3-7-16(18)22(23,24)25/h2-12H,1H3,(H,27,28). The largest absolute Gasteiger partial charge is 0.460 e. The summed E-state index contributed by atoms with van der Waals surface area (Å²) in [7, 11) is 0. The Labute approximate surface area is 164 Å². The van der Waals surface area contributed by atoms with Crippen molar-refractivity contribution < 1.29 is 22.4 Å². The zero-order chi connectivity index (χ0) is 20.6. The molecule has 0 aliphatic carbocycles. The Bertz CT molecular complexity index is 1210. The summed E-state index contributed by atoms with van der Waals surface area (Å²) in [6, 6.07) is 16.8. The number of nitrogens with zero attached hydrogens (tertiary/aromatic N) is 1. The summed E-state index contributed by atoms with van der Waals surface area (Å²) >= 11 is 0. The van der Waals surface area contributed by atoms with Crippen LogP contribution in [0.15, 0.2) is 71.1 Å². The second-order valence-corrected chi connectivity index (χ2v) is 6.48. The van der Waals surface area contributed by atoms with E-state index in [9.17, 15) is 18.0 Å². The first-order valence-electron chi connectivity index (χ1n) is 8.77. The number of hydrogen-bond donors (Lipinski definition) is 1. The fourth-order valence-electron chi connectivity index (χ4n) is 3.09. The van der Waals surface area contributed by atoms with Crippen molar-refractivity contribution in [2.75, 3.05) is 5.32 Å². The molecule has 0 bridgehead atoms. The molecular weight excluding hydrogens is 381 g/mol. The minimum atomic E-state index is -4.58. The van der Waals surface area contributed by atoms with Crippen LogP contribution in [0, 0.1) is 6.92 Å². The number of rotatable bonds is 3. The number of alkyl halides is 3. The highest BCUT2D eigenvalue weighted by Gasteiger charge is 2.33. The van der Waals surface area contributed by atoms with Gasteiger partial charge < -0.3 is 9.73 Å². The third kappa shape index (κ3) is 3.71. The summed E-state index contributed by atoms with van der Waals surface area (Å²) in [5.41, 5.74) is -0.0501. The molecule has 29 heavy (non-hydrogen) atoms. The van der Waals surface area contributed by atoms with E-state index in [0.717, 1.165) is 6.07 Å². The number of aromatic nitrogens is 1. The lowest BCUT2D eigenvalue weighted by molar-refractivity contribution is -0.136. The summed E-state index contributed by atoms with van der Waals surface area (Å²) in [6.07, 6.45) is -4.58. The molecule has 1 amide bonds. The van der Waals surface area contributed by atoms with Gasteiger partial charge in [-0.2, -0.15) is 13.2 Å². The first-order valence-corrected chi connectivity index (χ1v) is 8.77. The van der Waals surface area contributed by atoms with E-state index in [-0.39, 0.29) is 11.3 Å². The van der Waals surface area contributed by atoms with Crippen molar-refractivity contribution in [3.8, 4) is 11.5 Å². The van der Waals surface area contributed by atoms with E-state index in [1.54, 1.807) is 43.3 Å². The molecule has 0 unspecified atom stereocenters. The summed E-state index contributed by atoms with van der Waals surface area (Å²) in [5, 5.41) is 2.92. The smallest absolute Gasteiger partial charge is 0.418 e. The molecule has 1 N–H and O–H groups in total. The summed E-state index contributed by atoms with van der Waals surface area (Å²) < 4.78 is 45.4. The number of halogens is 3. The van der Waals surface area contributed by atoms with Crippen LogP contribution < -0.4 is 5.32 Å². The number of anilines is 1. The number of carbonyl (C=O) groups excluding carboxylic acids is 1. The van der Waals surface area contributed by atoms with Crippen LogP contribution in [0.2, 0.25) is 0 Å². The number of carbonyl (C=O) groups is 1. The molecular formula is C22H15F3N2O2. The van der Waals surface area contributed by atoms with Gasteiger partial charge in [0.25, 0.3) is 5.91 Å². The molecule has 4 nitrogen and oxygen atoms in total. The number of benzene rings is 2. The minimum absolute atomic E-state index is 0.205. The zero-order valence-electron chi connectivity index (χ0n) is 15.2. The van der Waals surface area contributed by atoms with Gasteiger partial charge in [-0.1, -0.05) is 30.3 Å². The Hall–Kier alpha value is -3.61. The van der Waals surface area contributed by atoms with Crippen LogP contribution in [0.25, 0.3) is 22.4 Å². The molecule has 4 aromatic rings. The molecule has 0 fully saturated rings. The van der Waals surface area contributed by atoms with Crippen LogP contribution in [0.1, 0.15) is 21.7 Å². The van der Waals surface area contributed by atoms with E-state index in [4.69, 9.17) is 4.42 Å². The lowest BCUT2D eigenvalue weighted by Gasteiger charge is -2.14. The first kappa shape index (κ1) is 18.7. The minimum Gasteiger partial charge on any atom is -0.460 e. The van der Waals surface area contributed by atoms with Gasteiger partial charge in [0, 0.05) is 5.39 Å². The van der Waals surface area contributed by atoms with Gasteiger partial charge in [-0.15, -0.1) is 0 Å². The van der Waals surface area contributed by atoms with Crippen molar-refractivity contribution >= 4 is 22.5 Å². The maximum Gasteiger partial charge on any atom is 0.418 e. The molecule has 146 valence electrons.